The fourth-order valence-electron chi connectivity index (χ4n) is 2.60. The number of rotatable bonds is 5. The average molecular weight is 339 g/mol. The molecule has 0 atom stereocenters. The van der Waals surface area contributed by atoms with Crippen molar-refractivity contribution in [2.24, 2.45) is 0 Å². The van der Waals surface area contributed by atoms with E-state index in [9.17, 15) is 4.79 Å². The van der Waals surface area contributed by atoms with Crippen LogP contribution < -0.4 is 10.6 Å². The minimum atomic E-state index is -0.212. The number of fused-ring (bicyclic) bond motifs is 1. The lowest BCUT2D eigenvalue weighted by Gasteiger charge is -2.05. The lowest BCUT2D eigenvalue weighted by molar-refractivity contribution is 0.252. The van der Waals surface area contributed by atoms with Crippen molar-refractivity contribution in [1.29, 1.82) is 0 Å². The fourth-order valence-corrected chi connectivity index (χ4v) is 3.49. The topological polar surface area (TPSA) is 54.0 Å². The highest BCUT2D eigenvalue weighted by Gasteiger charge is 2.12. The normalized spacial score (nSPS) is 11.0. The molecule has 124 valence electrons. The molecule has 0 aliphatic heterocycles. The minimum absolute atomic E-state index is 0.212. The molecule has 2 aromatic carbocycles. The van der Waals surface area contributed by atoms with E-state index in [1.807, 2.05) is 30.3 Å². The van der Waals surface area contributed by atoms with Crippen molar-refractivity contribution >= 4 is 32.7 Å². The number of aromatic nitrogens is 1. The third-order valence-electron chi connectivity index (χ3n) is 3.83. The van der Waals surface area contributed by atoms with E-state index in [0.29, 0.717) is 17.6 Å². The van der Waals surface area contributed by atoms with Crippen LogP contribution in [-0.2, 0) is 6.42 Å². The van der Waals surface area contributed by atoms with Gasteiger partial charge in [-0.05, 0) is 29.5 Å². The monoisotopic (exact) mass is 339 g/mol. The van der Waals surface area contributed by atoms with E-state index >= 15 is 0 Å². The first kappa shape index (κ1) is 16.5. The summed E-state index contributed by atoms with van der Waals surface area (Å²) in [6.45, 7) is 4.90. The van der Waals surface area contributed by atoms with Crippen molar-refractivity contribution in [3.8, 4) is 0 Å². The summed E-state index contributed by atoms with van der Waals surface area (Å²) in [6.07, 6.45) is 0.811. The van der Waals surface area contributed by atoms with Crippen molar-refractivity contribution in [3.05, 3.63) is 59.7 Å². The Morgan fingerprint density at radius 3 is 2.67 bits per heavy atom. The summed E-state index contributed by atoms with van der Waals surface area (Å²) < 4.78 is 1.10. The zero-order valence-electron chi connectivity index (χ0n) is 13.9. The molecular formula is C19H21N3OS. The van der Waals surface area contributed by atoms with Crippen LogP contribution in [0.4, 0.5) is 9.93 Å². The molecule has 3 rings (SSSR count). The average Bonchev–Trinajstić information content (AvgIpc) is 2.97. The van der Waals surface area contributed by atoms with E-state index in [1.54, 1.807) is 0 Å². The number of urea groups is 1. The Hall–Kier alpha value is -2.40. The van der Waals surface area contributed by atoms with Crippen LogP contribution in [0.15, 0.2) is 48.5 Å². The Labute approximate surface area is 145 Å². The summed E-state index contributed by atoms with van der Waals surface area (Å²) in [5, 5.41) is 6.35. The van der Waals surface area contributed by atoms with Crippen LogP contribution in [-0.4, -0.2) is 17.6 Å². The first-order valence-electron chi connectivity index (χ1n) is 8.11. The van der Waals surface area contributed by atoms with Gasteiger partial charge in [0.2, 0.25) is 0 Å². The zero-order chi connectivity index (χ0) is 16.9. The molecule has 0 aliphatic rings. The molecular weight excluding hydrogens is 318 g/mol. The van der Waals surface area contributed by atoms with Gasteiger partial charge in [-0.2, -0.15) is 0 Å². The Kier molecular flexibility index (Phi) is 5.11. The molecule has 1 heterocycles. The van der Waals surface area contributed by atoms with Crippen molar-refractivity contribution in [3.63, 3.8) is 0 Å². The molecule has 0 saturated heterocycles. The number of para-hydroxylation sites is 1. The second-order valence-corrected chi connectivity index (χ2v) is 7.01. The van der Waals surface area contributed by atoms with Crippen LogP contribution in [0.3, 0.4) is 0 Å². The number of carbonyl (C=O) groups is 1. The predicted octanol–water partition coefficient (Wildman–Crippen LogP) is 4.78. The summed E-state index contributed by atoms with van der Waals surface area (Å²) in [6, 6.07) is 16.1. The lowest BCUT2D eigenvalue weighted by Crippen LogP contribution is -2.30. The van der Waals surface area contributed by atoms with E-state index in [2.05, 4.69) is 47.7 Å². The van der Waals surface area contributed by atoms with Crippen LogP contribution in [0.1, 0.15) is 30.9 Å². The standard InChI is InChI=1S/C19H21N3OS/c1-13(2)15-9-6-10-16-17(15)21-19(24-16)22-18(23)20-12-11-14-7-4-3-5-8-14/h3-10,13H,11-12H2,1-2H3,(H2,20,21,22,23). The predicted molar refractivity (Wildman–Crippen MR) is 101 cm³/mol. The maximum absolute atomic E-state index is 12.0. The van der Waals surface area contributed by atoms with Gasteiger partial charge in [0.1, 0.15) is 0 Å². The Morgan fingerprint density at radius 2 is 1.92 bits per heavy atom. The number of carbonyl (C=O) groups excluding carboxylic acids is 1. The zero-order valence-corrected chi connectivity index (χ0v) is 14.7. The molecule has 0 unspecified atom stereocenters. The van der Waals surface area contributed by atoms with E-state index in [-0.39, 0.29) is 6.03 Å². The number of nitrogens with zero attached hydrogens (tertiary/aromatic N) is 1. The van der Waals surface area contributed by atoms with E-state index in [4.69, 9.17) is 0 Å². The molecule has 2 N–H and O–H groups in total. The Morgan fingerprint density at radius 1 is 1.12 bits per heavy atom. The lowest BCUT2D eigenvalue weighted by atomic mass is 10.0. The van der Waals surface area contributed by atoms with Gasteiger partial charge in [-0.25, -0.2) is 9.78 Å². The minimum Gasteiger partial charge on any atom is -0.337 e. The number of nitrogens with one attached hydrogen (secondary N) is 2. The smallest absolute Gasteiger partial charge is 0.321 e. The number of thiazole rings is 1. The van der Waals surface area contributed by atoms with Gasteiger partial charge in [0.15, 0.2) is 5.13 Å². The van der Waals surface area contributed by atoms with Gasteiger partial charge in [-0.15, -0.1) is 0 Å². The summed E-state index contributed by atoms with van der Waals surface area (Å²) in [7, 11) is 0. The molecule has 0 radical (unpaired) electrons. The van der Waals surface area contributed by atoms with Gasteiger partial charge < -0.3 is 5.32 Å². The Bertz CT molecular complexity index is 827. The van der Waals surface area contributed by atoms with E-state index < -0.39 is 0 Å². The SMILES string of the molecule is CC(C)c1cccc2sc(NC(=O)NCCc3ccccc3)nc12. The molecule has 0 aliphatic carbocycles. The number of hydrogen-bond acceptors (Lipinski definition) is 3. The molecule has 4 nitrogen and oxygen atoms in total. The van der Waals surface area contributed by atoms with Crippen molar-refractivity contribution in [2.75, 3.05) is 11.9 Å². The second-order valence-electron chi connectivity index (χ2n) is 5.98. The molecule has 3 aromatic rings. The number of benzene rings is 2. The highest BCUT2D eigenvalue weighted by molar-refractivity contribution is 7.22. The number of amides is 2. The molecule has 1 aromatic heterocycles. The molecule has 0 bridgehead atoms. The summed E-state index contributed by atoms with van der Waals surface area (Å²) in [5.41, 5.74) is 3.40. The van der Waals surface area contributed by atoms with Gasteiger partial charge >= 0.3 is 6.03 Å². The first-order chi connectivity index (χ1) is 11.6. The third-order valence-corrected chi connectivity index (χ3v) is 4.77. The summed E-state index contributed by atoms with van der Waals surface area (Å²) >= 11 is 1.50. The van der Waals surface area contributed by atoms with Crippen molar-refractivity contribution in [1.82, 2.24) is 10.3 Å². The third kappa shape index (κ3) is 3.92. The largest absolute Gasteiger partial charge is 0.337 e. The first-order valence-corrected chi connectivity index (χ1v) is 8.93. The van der Waals surface area contributed by atoms with Crippen LogP contribution in [0.5, 0.6) is 0 Å². The maximum atomic E-state index is 12.0. The molecule has 24 heavy (non-hydrogen) atoms. The van der Waals surface area contributed by atoms with Crippen molar-refractivity contribution in [2.45, 2.75) is 26.2 Å². The fraction of sp³-hybridized carbons (Fsp3) is 0.263. The van der Waals surface area contributed by atoms with Gasteiger partial charge in [0, 0.05) is 6.54 Å². The summed E-state index contributed by atoms with van der Waals surface area (Å²) in [5.74, 6) is 0.406. The maximum Gasteiger partial charge on any atom is 0.321 e. The van der Waals surface area contributed by atoms with E-state index in [0.717, 1.165) is 16.6 Å². The van der Waals surface area contributed by atoms with Gasteiger partial charge in [0.05, 0.1) is 10.2 Å². The molecule has 2 amide bonds. The van der Waals surface area contributed by atoms with Crippen LogP contribution in [0.25, 0.3) is 10.2 Å². The van der Waals surface area contributed by atoms with Gasteiger partial charge in [-0.1, -0.05) is 67.6 Å². The van der Waals surface area contributed by atoms with Crippen molar-refractivity contribution < 1.29 is 4.79 Å². The Balaban J connectivity index is 1.60. The van der Waals surface area contributed by atoms with Crippen LogP contribution in [0, 0.1) is 0 Å². The van der Waals surface area contributed by atoms with Crippen LogP contribution in [0.2, 0.25) is 0 Å². The molecule has 0 fully saturated rings. The van der Waals surface area contributed by atoms with E-state index in [1.165, 1.54) is 22.5 Å². The molecule has 0 saturated carbocycles. The molecule has 0 spiro atoms. The second kappa shape index (κ2) is 7.45. The highest BCUT2D eigenvalue weighted by atomic mass is 32.1. The summed E-state index contributed by atoms with van der Waals surface area (Å²) in [4.78, 5) is 16.6. The number of anilines is 1. The highest BCUT2D eigenvalue weighted by Crippen LogP contribution is 2.31. The number of hydrogen-bond donors (Lipinski definition) is 2. The van der Waals surface area contributed by atoms with Gasteiger partial charge in [-0.3, -0.25) is 5.32 Å². The van der Waals surface area contributed by atoms with Gasteiger partial charge in [0.25, 0.3) is 0 Å². The van der Waals surface area contributed by atoms with Crippen LogP contribution >= 0.6 is 11.3 Å². The molecule has 5 heteroatoms. The quantitative estimate of drug-likeness (QED) is 0.702.